The van der Waals surface area contributed by atoms with Gasteiger partial charge in [0.2, 0.25) is 0 Å². The number of thiophene rings is 1. The standard InChI is InChI=1S/C11H13N3O2S/c1-5-8-6(2)12-7(3)13-11(8)17-9(5)10(15)14-16-4/h1-4H3,(H,14,15). The van der Waals surface area contributed by atoms with Crippen molar-refractivity contribution in [3.63, 3.8) is 0 Å². The van der Waals surface area contributed by atoms with Gasteiger partial charge in [0.25, 0.3) is 5.91 Å². The van der Waals surface area contributed by atoms with E-state index in [1.54, 1.807) is 0 Å². The summed E-state index contributed by atoms with van der Waals surface area (Å²) < 4.78 is 0. The van der Waals surface area contributed by atoms with Crippen LogP contribution in [0.2, 0.25) is 0 Å². The second-order valence-electron chi connectivity index (χ2n) is 3.73. The quantitative estimate of drug-likeness (QED) is 0.828. The molecule has 0 saturated carbocycles. The van der Waals surface area contributed by atoms with E-state index in [0.717, 1.165) is 27.3 Å². The van der Waals surface area contributed by atoms with E-state index < -0.39 is 0 Å². The molecule has 0 radical (unpaired) electrons. The zero-order valence-corrected chi connectivity index (χ0v) is 10.9. The fourth-order valence-electron chi connectivity index (χ4n) is 1.83. The molecule has 0 bridgehead atoms. The van der Waals surface area contributed by atoms with E-state index in [1.807, 2.05) is 20.8 Å². The van der Waals surface area contributed by atoms with Crippen LogP contribution in [0, 0.1) is 20.8 Å². The van der Waals surface area contributed by atoms with Crippen molar-refractivity contribution in [3.8, 4) is 0 Å². The van der Waals surface area contributed by atoms with Crippen LogP contribution in [0.4, 0.5) is 0 Å². The lowest BCUT2D eigenvalue weighted by molar-refractivity contribution is 0.0541. The summed E-state index contributed by atoms with van der Waals surface area (Å²) in [6.07, 6.45) is 0. The third-order valence-corrected chi connectivity index (χ3v) is 3.67. The van der Waals surface area contributed by atoms with E-state index >= 15 is 0 Å². The number of hydrogen-bond acceptors (Lipinski definition) is 5. The lowest BCUT2D eigenvalue weighted by Gasteiger charge is -2.00. The van der Waals surface area contributed by atoms with Crippen molar-refractivity contribution in [1.29, 1.82) is 0 Å². The molecule has 0 fully saturated rings. The van der Waals surface area contributed by atoms with Crippen LogP contribution in [0.15, 0.2) is 0 Å². The summed E-state index contributed by atoms with van der Waals surface area (Å²) in [7, 11) is 1.41. The molecular formula is C11H13N3O2S. The Morgan fingerprint density at radius 2 is 2.00 bits per heavy atom. The second kappa shape index (κ2) is 4.38. The Labute approximate surface area is 103 Å². The van der Waals surface area contributed by atoms with Crippen LogP contribution in [-0.2, 0) is 4.84 Å². The number of amides is 1. The fraction of sp³-hybridized carbons (Fsp3) is 0.364. The van der Waals surface area contributed by atoms with Crippen molar-refractivity contribution in [1.82, 2.24) is 15.4 Å². The van der Waals surface area contributed by atoms with Gasteiger partial charge in [-0.1, -0.05) is 0 Å². The predicted octanol–water partition coefficient (Wildman–Crippen LogP) is 1.91. The first-order chi connectivity index (χ1) is 8.04. The number of nitrogens with one attached hydrogen (secondary N) is 1. The van der Waals surface area contributed by atoms with Crippen LogP contribution in [0.3, 0.4) is 0 Å². The number of carbonyl (C=O) groups is 1. The van der Waals surface area contributed by atoms with Crippen molar-refractivity contribution in [3.05, 3.63) is 22.0 Å². The highest BCUT2D eigenvalue weighted by atomic mass is 32.1. The summed E-state index contributed by atoms with van der Waals surface area (Å²) in [5.41, 5.74) is 4.12. The Bertz CT molecular complexity index is 592. The van der Waals surface area contributed by atoms with Crippen molar-refractivity contribution < 1.29 is 9.63 Å². The van der Waals surface area contributed by atoms with Gasteiger partial charge in [0, 0.05) is 11.1 Å². The van der Waals surface area contributed by atoms with Crippen LogP contribution < -0.4 is 5.48 Å². The topological polar surface area (TPSA) is 64.1 Å². The molecule has 0 saturated heterocycles. The molecule has 0 atom stereocenters. The minimum atomic E-state index is -0.245. The molecule has 2 heterocycles. The summed E-state index contributed by atoms with van der Waals surface area (Å²) in [5, 5.41) is 0.960. The first-order valence-electron chi connectivity index (χ1n) is 5.12. The summed E-state index contributed by atoms with van der Waals surface area (Å²) in [6.45, 7) is 5.67. The monoisotopic (exact) mass is 251 g/mol. The number of aromatic nitrogens is 2. The van der Waals surface area contributed by atoms with Crippen molar-refractivity contribution in [2.45, 2.75) is 20.8 Å². The summed E-state index contributed by atoms with van der Waals surface area (Å²) in [6, 6.07) is 0. The molecular weight excluding hydrogens is 238 g/mol. The molecule has 0 aliphatic rings. The van der Waals surface area contributed by atoms with E-state index in [1.165, 1.54) is 18.4 Å². The van der Waals surface area contributed by atoms with Gasteiger partial charge in [-0.2, -0.15) is 0 Å². The van der Waals surface area contributed by atoms with Crippen molar-refractivity contribution in [2.75, 3.05) is 7.11 Å². The van der Waals surface area contributed by atoms with E-state index in [-0.39, 0.29) is 5.91 Å². The average Bonchev–Trinajstić information content (AvgIpc) is 2.56. The number of carbonyl (C=O) groups excluding carboxylic acids is 1. The Hall–Kier alpha value is -1.53. The lowest BCUT2D eigenvalue weighted by atomic mass is 10.1. The number of hydroxylamine groups is 1. The van der Waals surface area contributed by atoms with Crippen molar-refractivity contribution in [2.24, 2.45) is 0 Å². The molecule has 2 aromatic rings. The van der Waals surface area contributed by atoms with Crippen molar-refractivity contribution >= 4 is 27.5 Å². The second-order valence-corrected chi connectivity index (χ2v) is 4.73. The number of hydrogen-bond donors (Lipinski definition) is 1. The van der Waals surface area contributed by atoms with E-state index in [9.17, 15) is 4.79 Å². The Balaban J connectivity index is 2.64. The smallest absolute Gasteiger partial charge is 0.277 e. The Kier molecular flexibility index (Phi) is 3.08. The zero-order chi connectivity index (χ0) is 12.6. The zero-order valence-electron chi connectivity index (χ0n) is 10.1. The molecule has 90 valence electrons. The number of fused-ring (bicyclic) bond motifs is 1. The maximum absolute atomic E-state index is 11.8. The van der Waals surface area contributed by atoms with Crippen LogP contribution in [-0.4, -0.2) is 23.0 Å². The molecule has 0 aromatic carbocycles. The van der Waals surface area contributed by atoms with Gasteiger partial charge >= 0.3 is 0 Å². The van der Waals surface area contributed by atoms with Gasteiger partial charge in [-0.25, -0.2) is 15.4 Å². The van der Waals surface area contributed by atoms with E-state index in [0.29, 0.717) is 4.88 Å². The maximum Gasteiger partial charge on any atom is 0.285 e. The number of rotatable bonds is 2. The SMILES string of the molecule is CONC(=O)c1sc2nc(C)nc(C)c2c1C. The van der Waals surface area contributed by atoms with Crippen LogP contribution >= 0.6 is 11.3 Å². The summed E-state index contributed by atoms with van der Waals surface area (Å²) >= 11 is 1.36. The van der Waals surface area contributed by atoms with Gasteiger partial charge in [-0.05, 0) is 26.3 Å². The molecule has 17 heavy (non-hydrogen) atoms. The molecule has 0 aliphatic carbocycles. The van der Waals surface area contributed by atoms with Gasteiger partial charge in [-0.15, -0.1) is 11.3 Å². The van der Waals surface area contributed by atoms with Crippen LogP contribution in [0.1, 0.15) is 26.8 Å². The minimum Gasteiger partial charge on any atom is -0.277 e. The molecule has 0 spiro atoms. The Morgan fingerprint density at radius 1 is 1.29 bits per heavy atom. The highest BCUT2D eigenvalue weighted by molar-refractivity contribution is 7.20. The number of nitrogens with zero attached hydrogens (tertiary/aromatic N) is 2. The van der Waals surface area contributed by atoms with Gasteiger partial charge in [-0.3, -0.25) is 9.63 Å². The molecule has 5 nitrogen and oxygen atoms in total. The maximum atomic E-state index is 11.8. The van der Waals surface area contributed by atoms with Crippen LogP contribution in [0.5, 0.6) is 0 Å². The average molecular weight is 251 g/mol. The first kappa shape index (κ1) is 11.9. The molecule has 2 rings (SSSR count). The van der Waals surface area contributed by atoms with Gasteiger partial charge in [0.1, 0.15) is 10.7 Å². The fourth-order valence-corrected chi connectivity index (χ4v) is 2.99. The largest absolute Gasteiger partial charge is 0.285 e. The predicted molar refractivity (Wildman–Crippen MR) is 66.1 cm³/mol. The molecule has 1 amide bonds. The number of aryl methyl sites for hydroxylation is 3. The van der Waals surface area contributed by atoms with Crippen LogP contribution in [0.25, 0.3) is 10.2 Å². The minimum absolute atomic E-state index is 0.245. The normalized spacial score (nSPS) is 10.8. The lowest BCUT2D eigenvalue weighted by Crippen LogP contribution is -2.21. The van der Waals surface area contributed by atoms with E-state index in [4.69, 9.17) is 0 Å². The molecule has 2 aromatic heterocycles. The molecule has 6 heteroatoms. The highest BCUT2D eigenvalue weighted by Crippen LogP contribution is 2.30. The Morgan fingerprint density at radius 3 is 2.65 bits per heavy atom. The highest BCUT2D eigenvalue weighted by Gasteiger charge is 2.18. The molecule has 0 unspecified atom stereocenters. The first-order valence-corrected chi connectivity index (χ1v) is 5.94. The summed E-state index contributed by atoms with van der Waals surface area (Å²) in [5.74, 6) is 0.472. The third-order valence-electron chi connectivity index (χ3n) is 2.48. The van der Waals surface area contributed by atoms with Gasteiger partial charge in [0.05, 0.1) is 12.0 Å². The van der Waals surface area contributed by atoms with Gasteiger partial charge < -0.3 is 0 Å². The van der Waals surface area contributed by atoms with Gasteiger partial charge in [0.15, 0.2) is 0 Å². The van der Waals surface area contributed by atoms with E-state index in [2.05, 4.69) is 20.3 Å². The molecule has 1 N–H and O–H groups in total. The summed E-state index contributed by atoms with van der Waals surface area (Å²) in [4.78, 5) is 26.5. The third kappa shape index (κ3) is 2.01. The molecule has 0 aliphatic heterocycles.